The Balaban J connectivity index is 0.00000220. The molecular weight excluding hydrogens is 335 g/mol. The molecule has 1 fully saturated rings. The van der Waals surface area contributed by atoms with Crippen LogP contribution in [0, 0.1) is 5.92 Å². The van der Waals surface area contributed by atoms with Gasteiger partial charge < -0.3 is 15.4 Å². The minimum Gasteiger partial charge on any atom is -0.482 e. The van der Waals surface area contributed by atoms with Gasteiger partial charge in [-0.1, -0.05) is 23.2 Å². The van der Waals surface area contributed by atoms with Gasteiger partial charge in [0.15, 0.2) is 6.61 Å². The molecule has 1 aromatic carbocycles. The molecule has 1 aromatic rings. The van der Waals surface area contributed by atoms with Crippen LogP contribution in [-0.2, 0) is 4.79 Å². The number of halogens is 3. The maximum absolute atomic E-state index is 11.7. The number of hydrogen-bond donors (Lipinski definition) is 2. The van der Waals surface area contributed by atoms with Crippen molar-refractivity contribution in [3.8, 4) is 5.75 Å². The Morgan fingerprint density at radius 3 is 2.90 bits per heavy atom. The third-order valence-electron chi connectivity index (χ3n) is 3.24. The molecule has 1 aliphatic heterocycles. The highest BCUT2D eigenvalue weighted by Crippen LogP contribution is 2.27. The van der Waals surface area contributed by atoms with E-state index in [1.54, 1.807) is 18.2 Å². The maximum Gasteiger partial charge on any atom is 0.257 e. The molecule has 1 saturated heterocycles. The summed E-state index contributed by atoms with van der Waals surface area (Å²) in [4.78, 5) is 11.7. The number of benzene rings is 1. The standard InChI is InChI=1S/C14H18Cl2N2O2.ClH/c15-11-3-4-13(12(16)6-11)20-9-14(19)18-8-10-2-1-5-17-7-10;/h3-4,6,10,17H,1-2,5,7-9H2,(H,18,19);1H. The summed E-state index contributed by atoms with van der Waals surface area (Å²) in [6.07, 6.45) is 2.31. The van der Waals surface area contributed by atoms with Crippen molar-refractivity contribution in [2.75, 3.05) is 26.2 Å². The number of hydrogen-bond acceptors (Lipinski definition) is 3. The Morgan fingerprint density at radius 2 is 2.24 bits per heavy atom. The second kappa shape index (κ2) is 9.36. The first-order valence-electron chi connectivity index (χ1n) is 6.70. The molecule has 1 atom stereocenters. The first kappa shape index (κ1) is 18.4. The van der Waals surface area contributed by atoms with Gasteiger partial charge in [-0.2, -0.15) is 0 Å². The summed E-state index contributed by atoms with van der Waals surface area (Å²) < 4.78 is 5.38. The number of piperidine rings is 1. The van der Waals surface area contributed by atoms with E-state index >= 15 is 0 Å². The summed E-state index contributed by atoms with van der Waals surface area (Å²) in [5.41, 5.74) is 0. The Labute approximate surface area is 140 Å². The Bertz CT molecular complexity index is 466. The lowest BCUT2D eigenvalue weighted by molar-refractivity contribution is -0.123. The summed E-state index contributed by atoms with van der Waals surface area (Å²) in [5, 5.41) is 7.14. The number of carbonyl (C=O) groups is 1. The average molecular weight is 354 g/mol. The normalized spacial score (nSPS) is 17.7. The SMILES string of the molecule is Cl.O=C(COc1ccc(Cl)cc1Cl)NCC1CCCNC1. The number of nitrogens with one attached hydrogen (secondary N) is 2. The molecule has 1 unspecified atom stereocenters. The lowest BCUT2D eigenvalue weighted by Crippen LogP contribution is -2.39. The Morgan fingerprint density at radius 1 is 1.43 bits per heavy atom. The molecule has 2 rings (SSSR count). The van der Waals surface area contributed by atoms with Gasteiger partial charge in [-0.3, -0.25) is 4.79 Å². The predicted octanol–water partition coefficient (Wildman–Crippen LogP) is 2.91. The topological polar surface area (TPSA) is 50.4 Å². The van der Waals surface area contributed by atoms with Gasteiger partial charge in [0.2, 0.25) is 0 Å². The Kier molecular flexibility index (Phi) is 8.19. The molecule has 1 amide bonds. The first-order valence-corrected chi connectivity index (χ1v) is 7.46. The van der Waals surface area contributed by atoms with Crippen LogP contribution in [0.3, 0.4) is 0 Å². The molecule has 0 saturated carbocycles. The van der Waals surface area contributed by atoms with Crippen LogP contribution < -0.4 is 15.4 Å². The van der Waals surface area contributed by atoms with E-state index in [0.29, 0.717) is 28.3 Å². The molecular formula is C14H19Cl3N2O2. The van der Waals surface area contributed by atoms with E-state index in [1.165, 1.54) is 0 Å². The molecule has 0 spiro atoms. The van der Waals surface area contributed by atoms with Gasteiger partial charge in [0.1, 0.15) is 5.75 Å². The van der Waals surface area contributed by atoms with Crippen molar-refractivity contribution in [3.63, 3.8) is 0 Å². The zero-order valence-electron chi connectivity index (χ0n) is 11.5. The van der Waals surface area contributed by atoms with Crippen LogP contribution in [-0.4, -0.2) is 32.1 Å². The van der Waals surface area contributed by atoms with E-state index < -0.39 is 0 Å². The van der Waals surface area contributed by atoms with Crippen LogP contribution in [0.15, 0.2) is 18.2 Å². The highest BCUT2D eigenvalue weighted by molar-refractivity contribution is 6.35. The minimum absolute atomic E-state index is 0. The monoisotopic (exact) mass is 352 g/mol. The number of rotatable bonds is 5. The zero-order chi connectivity index (χ0) is 14.4. The fraction of sp³-hybridized carbons (Fsp3) is 0.500. The summed E-state index contributed by atoms with van der Waals surface area (Å²) >= 11 is 11.8. The molecule has 7 heteroatoms. The van der Waals surface area contributed by atoms with Crippen LogP contribution >= 0.6 is 35.6 Å². The van der Waals surface area contributed by atoms with Gasteiger partial charge in [0.05, 0.1) is 5.02 Å². The van der Waals surface area contributed by atoms with E-state index in [-0.39, 0.29) is 24.9 Å². The van der Waals surface area contributed by atoms with E-state index in [9.17, 15) is 4.79 Å². The fourth-order valence-corrected chi connectivity index (χ4v) is 2.61. The minimum atomic E-state index is -0.137. The van der Waals surface area contributed by atoms with Crippen molar-refractivity contribution in [2.24, 2.45) is 5.92 Å². The second-order valence-corrected chi connectivity index (χ2v) is 5.72. The molecule has 21 heavy (non-hydrogen) atoms. The number of ether oxygens (including phenoxy) is 1. The van der Waals surface area contributed by atoms with Gasteiger partial charge in [-0.15, -0.1) is 12.4 Å². The average Bonchev–Trinajstić information content (AvgIpc) is 2.45. The molecule has 4 nitrogen and oxygen atoms in total. The lowest BCUT2D eigenvalue weighted by atomic mass is 10.00. The van der Waals surface area contributed by atoms with Crippen LogP contribution in [0.1, 0.15) is 12.8 Å². The number of carbonyl (C=O) groups excluding carboxylic acids is 1. The smallest absolute Gasteiger partial charge is 0.257 e. The van der Waals surface area contributed by atoms with Crippen molar-refractivity contribution in [1.29, 1.82) is 0 Å². The van der Waals surface area contributed by atoms with Crippen molar-refractivity contribution in [1.82, 2.24) is 10.6 Å². The molecule has 0 aliphatic carbocycles. The van der Waals surface area contributed by atoms with Crippen molar-refractivity contribution in [2.45, 2.75) is 12.8 Å². The molecule has 1 aliphatic rings. The van der Waals surface area contributed by atoms with Crippen LogP contribution in [0.5, 0.6) is 5.75 Å². The van der Waals surface area contributed by atoms with Gasteiger partial charge >= 0.3 is 0 Å². The van der Waals surface area contributed by atoms with Crippen LogP contribution in [0.25, 0.3) is 0 Å². The van der Waals surface area contributed by atoms with E-state index in [0.717, 1.165) is 25.9 Å². The fourth-order valence-electron chi connectivity index (χ4n) is 2.14. The van der Waals surface area contributed by atoms with E-state index in [1.807, 2.05) is 0 Å². The molecule has 0 bridgehead atoms. The highest BCUT2D eigenvalue weighted by atomic mass is 35.5. The van der Waals surface area contributed by atoms with Crippen molar-refractivity contribution >= 4 is 41.5 Å². The Hall–Kier alpha value is -0.680. The molecule has 0 aromatic heterocycles. The van der Waals surface area contributed by atoms with Crippen molar-refractivity contribution in [3.05, 3.63) is 28.2 Å². The van der Waals surface area contributed by atoms with Gasteiger partial charge in [-0.05, 0) is 50.0 Å². The van der Waals surface area contributed by atoms with E-state index in [4.69, 9.17) is 27.9 Å². The molecule has 0 radical (unpaired) electrons. The van der Waals surface area contributed by atoms with Gasteiger partial charge in [-0.25, -0.2) is 0 Å². The summed E-state index contributed by atoms with van der Waals surface area (Å²) in [6, 6.07) is 4.92. The molecule has 118 valence electrons. The van der Waals surface area contributed by atoms with Crippen molar-refractivity contribution < 1.29 is 9.53 Å². The van der Waals surface area contributed by atoms with Crippen LogP contribution in [0.4, 0.5) is 0 Å². The van der Waals surface area contributed by atoms with Gasteiger partial charge in [0, 0.05) is 11.6 Å². The second-order valence-electron chi connectivity index (χ2n) is 4.88. The first-order chi connectivity index (χ1) is 9.65. The molecule has 1 heterocycles. The predicted molar refractivity (Wildman–Crippen MR) is 87.8 cm³/mol. The quantitative estimate of drug-likeness (QED) is 0.856. The lowest BCUT2D eigenvalue weighted by Gasteiger charge is -2.22. The summed E-state index contributed by atoms with van der Waals surface area (Å²) in [5.74, 6) is 0.832. The number of amides is 1. The van der Waals surface area contributed by atoms with E-state index in [2.05, 4.69) is 10.6 Å². The third-order valence-corrected chi connectivity index (χ3v) is 3.77. The largest absolute Gasteiger partial charge is 0.482 e. The summed E-state index contributed by atoms with van der Waals surface area (Å²) in [6.45, 7) is 2.68. The summed E-state index contributed by atoms with van der Waals surface area (Å²) in [7, 11) is 0. The zero-order valence-corrected chi connectivity index (χ0v) is 13.9. The van der Waals surface area contributed by atoms with Crippen LogP contribution in [0.2, 0.25) is 10.0 Å². The van der Waals surface area contributed by atoms with Gasteiger partial charge in [0.25, 0.3) is 5.91 Å². The molecule has 2 N–H and O–H groups in total. The highest BCUT2D eigenvalue weighted by Gasteiger charge is 2.14. The maximum atomic E-state index is 11.7. The third kappa shape index (κ3) is 6.30.